The first-order valence-corrected chi connectivity index (χ1v) is 6.54. The second kappa shape index (κ2) is 8.68. The van der Waals surface area contributed by atoms with Gasteiger partial charge in [-0.05, 0) is 37.5 Å². The fourth-order valence-corrected chi connectivity index (χ4v) is 1.73. The molecule has 21 heavy (non-hydrogen) atoms. The van der Waals surface area contributed by atoms with Crippen LogP contribution >= 0.6 is 0 Å². The van der Waals surface area contributed by atoms with Gasteiger partial charge in [-0.25, -0.2) is 9.38 Å². The van der Waals surface area contributed by atoms with Crippen molar-refractivity contribution in [2.75, 3.05) is 6.61 Å². The van der Waals surface area contributed by atoms with E-state index in [2.05, 4.69) is 15.1 Å². The first-order valence-electron chi connectivity index (χ1n) is 6.54. The second-order valence-corrected chi connectivity index (χ2v) is 4.24. The molecule has 0 aromatic heterocycles. The molecule has 0 aliphatic rings. The molecule has 0 unspecified atom stereocenters. The summed E-state index contributed by atoms with van der Waals surface area (Å²) in [5.41, 5.74) is 2.05. The molecule has 0 heterocycles. The van der Waals surface area contributed by atoms with Crippen molar-refractivity contribution in [2.45, 2.75) is 26.7 Å². The normalized spacial score (nSPS) is 12.1. The maximum absolute atomic E-state index is 13.3. The Morgan fingerprint density at radius 1 is 1.52 bits per heavy atom. The first-order chi connectivity index (χ1) is 10.0. The van der Waals surface area contributed by atoms with Crippen LogP contribution in [0.3, 0.4) is 0 Å². The molecule has 0 aliphatic heterocycles. The predicted octanol–water partition coefficient (Wildman–Crippen LogP) is 3.36. The number of nitrogens with one attached hydrogen (secondary N) is 1. The number of benzene rings is 1. The van der Waals surface area contributed by atoms with E-state index in [1.165, 1.54) is 12.4 Å². The molecule has 0 atom stereocenters. The van der Waals surface area contributed by atoms with Crippen LogP contribution in [0.25, 0.3) is 0 Å². The molecule has 7 heteroatoms. The summed E-state index contributed by atoms with van der Waals surface area (Å²) in [6.07, 6.45) is 2.58. The molecule has 1 aromatic rings. The van der Waals surface area contributed by atoms with Gasteiger partial charge in [-0.3, -0.25) is 0 Å². The number of hydrogen-bond donors (Lipinski definition) is 1. The lowest BCUT2D eigenvalue weighted by atomic mass is 10.1. The van der Waals surface area contributed by atoms with E-state index in [0.717, 1.165) is 17.7 Å². The molecule has 114 valence electrons. The zero-order chi connectivity index (χ0) is 15.7. The van der Waals surface area contributed by atoms with Crippen LogP contribution in [0.2, 0.25) is 0 Å². The fraction of sp³-hybridized carbons (Fsp3) is 0.357. The van der Waals surface area contributed by atoms with Gasteiger partial charge in [0.25, 0.3) is 5.09 Å². The van der Waals surface area contributed by atoms with Crippen LogP contribution in [0.1, 0.15) is 26.7 Å². The lowest BCUT2D eigenvalue weighted by Crippen LogP contribution is -2.12. The number of halogens is 1. The largest absolute Gasteiger partial charge is 0.350 e. The Labute approximate surface area is 122 Å². The third kappa shape index (κ3) is 6.03. The number of nitrogens with zero attached hydrogens (tertiary/aromatic N) is 2. The van der Waals surface area contributed by atoms with Crippen molar-refractivity contribution in [3.63, 3.8) is 0 Å². The highest BCUT2D eigenvalue weighted by molar-refractivity contribution is 5.63. The van der Waals surface area contributed by atoms with Crippen LogP contribution in [-0.4, -0.2) is 18.0 Å². The molecule has 0 aliphatic carbocycles. The predicted molar refractivity (Wildman–Crippen MR) is 78.2 cm³/mol. The van der Waals surface area contributed by atoms with E-state index < -0.39 is 10.9 Å². The minimum atomic E-state index is -0.810. The highest BCUT2D eigenvalue weighted by Crippen LogP contribution is 2.15. The zero-order valence-corrected chi connectivity index (χ0v) is 12.0. The molecule has 0 radical (unpaired) electrons. The Morgan fingerprint density at radius 3 is 2.86 bits per heavy atom. The van der Waals surface area contributed by atoms with Crippen molar-refractivity contribution in [1.29, 1.82) is 0 Å². The minimum Gasteiger partial charge on any atom is -0.350 e. The fourth-order valence-electron chi connectivity index (χ4n) is 1.73. The second-order valence-electron chi connectivity index (χ2n) is 4.24. The number of hydrogen-bond acceptors (Lipinski definition) is 4. The maximum Gasteiger partial charge on any atom is 0.294 e. The summed E-state index contributed by atoms with van der Waals surface area (Å²) >= 11 is 0. The van der Waals surface area contributed by atoms with Gasteiger partial charge >= 0.3 is 0 Å². The monoisotopic (exact) mass is 295 g/mol. The van der Waals surface area contributed by atoms with Gasteiger partial charge < -0.3 is 10.2 Å². The van der Waals surface area contributed by atoms with Crippen molar-refractivity contribution in [2.24, 2.45) is 4.99 Å². The van der Waals surface area contributed by atoms with Crippen molar-refractivity contribution < 1.29 is 14.3 Å². The quantitative estimate of drug-likeness (QED) is 0.345. The Bertz CT molecular complexity index is 544. The van der Waals surface area contributed by atoms with Gasteiger partial charge in [-0.15, -0.1) is 10.1 Å². The smallest absolute Gasteiger partial charge is 0.294 e. The SMILES string of the molecule is CC/C(CCO[N+](=O)[O-])=C(/C)NC=Nc1ccccc1F. The Hall–Kier alpha value is -2.44. The van der Waals surface area contributed by atoms with E-state index in [1.807, 2.05) is 13.8 Å². The third-order valence-corrected chi connectivity index (χ3v) is 2.89. The summed E-state index contributed by atoms with van der Waals surface area (Å²) < 4.78 is 13.3. The standard InChI is InChI=1S/C14H18FN3O3/c1-3-12(8-9-21-18(19)20)11(2)16-10-17-14-7-5-4-6-13(14)15/h4-7,10H,3,8-9H2,1-2H3,(H,16,17)/b12-11+. The summed E-state index contributed by atoms with van der Waals surface area (Å²) in [6.45, 7) is 3.79. The average molecular weight is 295 g/mol. The number of aliphatic imine (C=N–C) groups is 1. The van der Waals surface area contributed by atoms with Crippen molar-refractivity contribution in [3.8, 4) is 0 Å². The van der Waals surface area contributed by atoms with Gasteiger partial charge in [-0.2, -0.15) is 0 Å². The summed E-state index contributed by atoms with van der Waals surface area (Å²) in [5, 5.41) is 12.2. The van der Waals surface area contributed by atoms with Crippen molar-refractivity contribution in [3.05, 3.63) is 51.5 Å². The Balaban J connectivity index is 2.60. The van der Waals surface area contributed by atoms with Gasteiger partial charge in [0.15, 0.2) is 0 Å². The number of allylic oxidation sites excluding steroid dienone is 1. The Kier molecular flexibility index (Phi) is 6.86. The van der Waals surface area contributed by atoms with Crippen LogP contribution < -0.4 is 5.32 Å². The van der Waals surface area contributed by atoms with Crippen LogP contribution in [0, 0.1) is 15.9 Å². The van der Waals surface area contributed by atoms with E-state index in [0.29, 0.717) is 6.42 Å². The van der Waals surface area contributed by atoms with Crippen molar-refractivity contribution >= 4 is 12.0 Å². The van der Waals surface area contributed by atoms with E-state index in [4.69, 9.17) is 0 Å². The molecule has 0 amide bonds. The Morgan fingerprint density at radius 2 is 2.24 bits per heavy atom. The highest BCUT2D eigenvalue weighted by Gasteiger charge is 2.02. The molecule has 0 spiro atoms. The minimum absolute atomic E-state index is 0.0135. The summed E-state index contributed by atoms with van der Waals surface area (Å²) in [6, 6.07) is 6.20. The van der Waals surface area contributed by atoms with Crippen LogP contribution in [0.5, 0.6) is 0 Å². The third-order valence-electron chi connectivity index (χ3n) is 2.89. The summed E-state index contributed by atoms with van der Waals surface area (Å²) in [7, 11) is 0. The molecule has 1 N–H and O–H groups in total. The van der Waals surface area contributed by atoms with Gasteiger partial charge in [0, 0.05) is 5.70 Å². The van der Waals surface area contributed by atoms with Gasteiger partial charge in [0.05, 0.1) is 6.34 Å². The maximum atomic E-state index is 13.3. The summed E-state index contributed by atoms with van der Waals surface area (Å²) in [5.74, 6) is -0.396. The van der Waals surface area contributed by atoms with Crippen LogP contribution in [0.4, 0.5) is 10.1 Å². The van der Waals surface area contributed by atoms with Gasteiger partial charge in [0.2, 0.25) is 0 Å². The first kappa shape index (κ1) is 16.6. The molecule has 1 aromatic carbocycles. The highest BCUT2D eigenvalue weighted by atomic mass is 19.1. The van der Waals surface area contributed by atoms with E-state index >= 15 is 0 Å². The van der Waals surface area contributed by atoms with Gasteiger partial charge in [0.1, 0.15) is 18.1 Å². The lowest BCUT2D eigenvalue weighted by Gasteiger charge is -2.09. The average Bonchev–Trinajstić information content (AvgIpc) is 2.45. The molecule has 0 saturated carbocycles. The van der Waals surface area contributed by atoms with Crippen LogP contribution in [0.15, 0.2) is 40.5 Å². The van der Waals surface area contributed by atoms with E-state index in [9.17, 15) is 14.5 Å². The molecule has 0 bridgehead atoms. The van der Waals surface area contributed by atoms with E-state index in [-0.39, 0.29) is 12.3 Å². The van der Waals surface area contributed by atoms with E-state index in [1.54, 1.807) is 18.2 Å². The number of rotatable bonds is 8. The molecular weight excluding hydrogens is 277 g/mol. The lowest BCUT2D eigenvalue weighted by molar-refractivity contribution is -0.757. The van der Waals surface area contributed by atoms with Crippen LogP contribution in [-0.2, 0) is 4.84 Å². The topological polar surface area (TPSA) is 76.8 Å². The molecule has 6 nitrogen and oxygen atoms in total. The molecule has 0 fully saturated rings. The van der Waals surface area contributed by atoms with Gasteiger partial charge in [-0.1, -0.05) is 19.1 Å². The summed E-state index contributed by atoms with van der Waals surface area (Å²) in [4.78, 5) is 18.4. The number of para-hydroxylation sites is 1. The molecular formula is C14H18FN3O3. The molecule has 1 rings (SSSR count). The zero-order valence-electron chi connectivity index (χ0n) is 12.0. The van der Waals surface area contributed by atoms with Crippen molar-refractivity contribution in [1.82, 2.24) is 5.32 Å². The molecule has 0 saturated heterocycles.